The number of rotatable bonds is 11. The highest BCUT2D eigenvalue weighted by Gasteiger charge is 2.21. The molecule has 0 saturated heterocycles. The van der Waals surface area contributed by atoms with Gasteiger partial charge in [0.05, 0.1) is 11.0 Å². The molecule has 0 saturated carbocycles. The zero-order valence-corrected chi connectivity index (χ0v) is 29.8. The minimum absolute atomic E-state index is 0.670. The number of hydrogen-bond donors (Lipinski definition) is 1. The van der Waals surface area contributed by atoms with Gasteiger partial charge in [-0.3, -0.25) is 8.68 Å². The Morgan fingerprint density at radius 3 is 1.57 bits per heavy atom. The molecule has 6 rings (SSSR count). The average molecular weight is 689 g/mol. The summed E-state index contributed by atoms with van der Waals surface area (Å²) >= 11 is 0. The largest absolute Gasteiger partial charge is 0.432 e. The lowest BCUT2D eigenvalue weighted by Crippen LogP contribution is -2.02. The van der Waals surface area contributed by atoms with Gasteiger partial charge >= 0.3 is 17.1 Å². The summed E-state index contributed by atoms with van der Waals surface area (Å²) in [6, 6.07) is 39.2. The van der Waals surface area contributed by atoms with E-state index in [1.165, 1.54) is 0 Å². The first-order valence-electron chi connectivity index (χ1n) is 15.8. The number of fused-ring (bicyclic) bond motifs is 2. The number of hydrogen-bond acceptors (Lipinski definition) is 4. The van der Waals surface area contributed by atoms with Crippen molar-refractivity contribution in [1.82, 2.24) is 8.68 Å². The molecule has 49 heavy (non-hydrogen) atoms. The van der Waals surface area contributed by atoms with Crippen molar-refractivity contribution in [1.29, 1.82) is 0 Å². The molecule has 4 aromatic carbocycles. The van der Waals surface area contributed by atoms with Crippen LogP contribution in [0.4, 0.5) is 0 Å². The molecule has 8 heteroatoms. The first-order valence-corrected chi connectivity index (χ1v) is 18.1. The lowest BCUT2D eigenvalue weighted by Gasteiger charge is -2.21. The molecule has 2 atom stereocenters. The molecular formula is C41H42N2O4P2. The van der Waals surface area contributed by atoms with E-state index in [0.29, 0.717) is 11.5 Å². The molecule has 1 N–H and O–H groups in total. The Kier molecular flexibility index (Phi) is 14.7. The number of para-hydroxylation sites is 4. The van der Waals surface area contributed by atoms with Gasteiger partial charge < -0.3 is 18.5 Å². The van der Waals surface area contributed by atoms with Gasteiger partial charge in [0, 0.05) is 28.7 Å². The molecular weight excluding hydrogens is 646 g/mol. The van der Waals surface area contributed by atoms with Gasteiger partial charge in [-0.05, 0) is 75.4 Å². The minimum atomic E-state index is -1.70. The van der Waals surface area contributed by atoms with E-state index in [1.54, 1.807) is 16.5 Å². The summed E-state index contributed by atoms with van der Waals surface area (Å²) < 4.78 is 22.0. The van der Waals surface area contributed by atoms with Crippen LogP contribution in [0.2, 0.25) is 0 Å². The molecule has 0 aliphatic carbocycles. The van der Waals surface area contributed by atoms with Crippen molar-refractivity contribution in [3.8, 4) is 11.5 Å². The molecule has 0 bridgehead atoms. The molecule has 0 aliphatic heterocycles. The normalized spacial score (nSPS) is 12.7. The highest BCUT2D eigenvalue weighted by molar-refractivity contribution is 7.46. The van der Waals surface area contributed by atoms with Crippen LogP contribution in [0.25, 0.3) is 21.8 Å². The zero-order valence-electron chi connectivity index (χ0n) is 28.0. The third kappa shape index (κ3) is 10.4. The van der Waals surface area contributed by atoms with Crippen LogP contribution < -0.4 is 9.05 Å². The summed E-state index contributed by atoms with van der Waals surface area (Å²) in [5.41, 5.74) is 2.98. The molecule has 0 radical (unpaired) electrons. The summed E-state index contributed by atoms with van der Waals surface area (Å²) in [7, 11) is -3.17. The number of allylic oxidation sites excluding steroid dienone is 7. The number of nitrogens with zero attached hydrogens (tertiary/aromatic N) is 2. The Bertz CT molecular complexity index is 1980. The summed E-state index contributed by atoms with van der Waals surface area (Å²) in [5, 5.41) is 2.23. The Labute approximate surface area is 292 Å². The maximum absolute atomic E-state index is 10.2. The predicted molar refractivity (Wildman–Crippen MR) is 209 cm³/mol. The second-order valence-electron chi connectivity index (χ2n) is 10.3. The Hall–Kier alpha value is -5.12. The fourth-order valence-corrected chi connectivity index (χ4v) is 6.94. The molecule has 2 aromatic heterocycles. The topological polar surface area (TPSA) is 57.8 Å². The van der Waals surface area contributed by atoms with Crippen molar-refractivity contribution < 1.29 is 18.5 Å². The highest BCUT2D eigenvalue weighted by Crippen LogP contribution is 2.46. The first kappa shape index (κ1) is 36.7. The van der Waals surface area contributed by atoms with Gasteiger partial charge in [0.1, 0.15) is 17.3 Å². The summed E-state index contributed by atoms with van der Waals surface area (Å²) in [6.07, 6.45) is 15.3. The fourth-order valence-electron chi connectivity index (χ4n) is 4.60. The van der Waals surface area contributed by atoms with E-state index in [4.69, 9.17) is 13.6 Å². The van der Waals surface area contributed by atoms with Crippen molar-refractivity contribution in [3.63, 3.8) is 0 Å². The van der Waals surface area contributed by atoms with E-state index in [0.717, 1.165) is 33.1 Å². The summed E-state index contributed by atoms with van der Waals surface area (Å²) in [5.74, 6) is 2.10. The van der Waals surface area contributed by atoms with E-state index in [-0.39, 0.29) is 0 Å². The lowest BCUT2D eigenvalue weighted by atomic mass is 10.2. The zero-order chi connectivity index (χ0) is 34.8. The van der Waals surface area contributed by atoms with Gasteiger partial charge in [0.2, 0.25) is 0 Å². The van der Waals surface area contributed by atoms with Crippen LogP contribution in [0.15, 0.2) is 195 Å². The van der Waals surface area contributed by atoms with E-state index < -0.39 is 17.1 Å². The standard InChI is InChI=1S/C24H24NO2P.C14H12NO2P.C3H6/c1-4-12-21(13-5-2)24(6-3)27-28(26-22-15-8-7-9-16-22)25-19-18-20-14-10-11-17-23(20)25;16-18(17-13-7-2-1-3-8-13)15-11-10-12-6-4-5-9-14(12)15;1-3-2/h4-19H,3H2,1-2H3;1-11,16H;3H,1H2,2H3/b12-4-,13-5+,24-21?;;. The Morgan fingerprint density at radius 2 is 1.06 bits per heavy atom. The van der Waals surface area contributed by atoms with Crippen molar-refractivity contribution in [2.45, 2.75) is 20.8 Å². The van der Waals surface area contributed by atoms with E-state index in [2.05, 4.69) is 31.4 Å². The average Bonchev–Trinajstić information content (AvgIpc) is 3.77. The van der Waals surface area contributed by atoms with Crippen molar-refractivity contribution in [2.75, 3.05) is 0 Å². The molecule has 250 valence electrons. The summed E-state index contributed by atoms with van der Waals surface area (Å²) in [6.45, 7) is 13.2. The molecule has 6 aromatic rings. The molecule has 0 aliphatic rings. The Morgan fingerprint density at radius 1 is 0.612 bits per heavy atom. The maximum atomic E-state index is 10.2. The van der Waals surface area contributed by atoms with E-state index >= 15 is 0 Å². The SMILES string of the molecule is C=CC.C=CC(OP(Oc1ccccc1)n1ccc2ccccc21)=C(/C=C\C)/C=C/C.OP(Oc1ccccc1)n1ccc2ccccc21. The van der Waals surface area contributed by atoms with Gasteiger partial charge in [-0.15, -0.1) is 6.58 Å². The predicted octanol–water partition coefficient (Wildman–Crippen LogP) is 12.4. The molecule has 0 spiro atoms. The van der Waals surface area contributed by atoms with Crippen LogP contribution in [0.5, 0.6) is 11.5 Å². The number of aromatic nitrogens is 2. The third-order valence-corrected chi connectivity index (χ3v) is 9.23. The third-order valence-electron chi connectivity index (χ3n) is 6.71. The van der Waals surface area contributed by atoms with Crippen molar-refractivity contribution in [3.05, 3.63) is 195 Å². The molecule has 0 fully saturated rings. The minimum Gasteiger partial charge on any atom is -0.432 e. The molecule has 2 heterocycles. The lowest BCUT2D eigenvalue weighted by molar-refractivity contribution is 0.408. The van der Waals surface area contributed by atoms with Gasteiger partial charge in [-0.25, -0.2) is 0 Å². The van der Waals surface area contributed by atoms with Crippen LogP contribution in [0.3, 0.4) is 0 Å². The number of benzene rings is 4. The monoisotopic (exact) mass is 688 g/mol. The fraction of sp³-hybridized carbons (Fsp3) is 0.0732. The van der Waals surface area contributed by atoms with Gasteiger partial charge in [0.25, 0.3) is 0 Å². The van der Waals surface area contributed by atoms with Crippen LogP contribution in [0, 0.1) is 0 Å². The second-order valence-corrected chi connectivity index (χ2v) is 12.7. The highest BCUT2D eigenvalue weighted by atomic mass is 31.2. The first-order chi connectivity index (χ1) is 24.0. The van der Waals surface area contributed by atoms with Gasteiger partial charge in [-0.1, -0.05) is 110 Å². The maximum Gasteiger partial charge on any atom is 0.421 e. The quantitative estimate of drug-likeness (QED) is 0.0637. The molecule has 0 amide bonds. The summed E-state index contributed by atoms with van der Waals surface area (Å²) in [4.78, 5) is 10.2. The van der Waals surface area contributed by atoms with Crippen LogP contribution >= 0.6 is 17.1 Å². The van der Waals surface area contributed by atoms with Crippen molar-refractivity contribution >= 4 is 38.9 Å². The van der Waals surface area contributed by atoms with Crippen LogP contribution in [-0.2, 0) is 4.52 Å². The van der Waals surface area contributed by atoms with Crippen LogP contribution in [0.1, 0.15) is 20.8 Å². The van der Waals surface area contributed by atoms with E-state index in [1.807, 2.05) is 165 Å². The van der Waals surface area contributed by atoms with Crippen LogP contribution in [-0.4, -0.2) is 13.6 Å². The van der Waals surface area contributed by atoms with E-state index in [9.17, 15) is 4.89 Å². The van der Waals surface area contributed by atoms with Gasteiger partial charge in [-0.2, -0.15) is 0 Å². The molecule has 6 nitrogen and oxygen atoms in total. The Balaban J connectivity index is 0.000000220. The van der Waals surface area contributed by atoms with Crippen molar-refractivity contribution in [2.24, 2.45) is 0 Å². The van der Waals surface area contributed by atoms with Gasteiger partial charge in [0.15, 0.2) is 0 Å². The molecule has 2 unspecified atom stereocenters. The smallest absolute Gasteiger partial charge is 0.421 e. The second kappa shape index (κ2) is 19.6.